The third kappa shape index (κ3) is 3.26. The zero-order valence-electron chi connectivity index (χ0n) is 13.6. The minimum absolute atomic E-state index is 0.257. The average molecular weight is 322 g/mol. The highest BCUT2D eigenvalue weighted by Crippen LogP contribution is 2.31. The summed E-state index contributed by atoms with van der Waals surface area (Å²) in [6, 6.07) is 0.911. The highest BCUT2D eigenvalue weighted by atomic mass is 32.1. The molecular weight excluding hydrogens is 296 g/mol. The second kappa shape index (κ2) is 6.94. The lowest BCUT2D eigenvalue weighted by Crippen LogP contribution is -2.49. The topological polar surface area (TPSA) is 49.3 Å². The Morgan fingerprint density at radius 3 is 2.55 bits per heavy atom. The number of amides is 1. The molecule has 6 heteroatoms. The summed E-state index contributed by atoms with van der Waals surface area (Å²) in [4.78, 5) is 21.2. The molecule has 1 aliphatic carbocycles. The van der Waals surface area contributed by atoms with Gasteiger partial charge in [-0.15, -0.1) is 0 Å². The lowest BCUT2D eigenvalue weighted by Gasteiger charge is -2.42. The molecule has 1 aromatic heterocycles. The Labute approximate surface area is 136 Å². The first-order valence-electron chi connectivity index (χ1n) is 8.55. The van der Waals surface area contributed by atoms with Crippen LogP contribution in [0.25, 0.3) is 0 Å². The fraction of sp³-hybridized carbons (Fsp3) is 0.812. The Balaban J connectivity index is 1.64. The fourth-order valence-corrected chi connectivity index (χ4v) is 4.34. The number of aryl methyl sites for hydroxylation is 1. The lowest BCUT2D eigenvalue weighted by molar-refractivity contribution is -0.136. The smallest absolute Gasteiger partial charge is 0.219 e. The van der Waals surface area contributed by atoms with Gasteiger partial charge in [-0.1, -0.05) is 6.92 Å². The highest BCUT2D eigenvalue weighted by molar-refractivity contribution is 7.09. The summed E-state index contributed by atoms with van der Waals surface area (Å²) < 4.78 is 4.40. The Kier molecular flexibility index (Phi) is 4.96. The van der Waals surface area contributed by atoms with E-state index < -0.39 is 0 Å². The summed E-state index contributed by atoms with van der Waals surface area (Å²) in [5.74, 6) is 1.20. The summed E-state index contributed by atoms with van der Waals surface area (Å²) in [6.07, 6.45) is 7.85. The maximum Gasteiger partial charge on any atom is 0.219 e. The predicted molar refractivity (Wildman–Crippen MR) is 89.3 cm³/mol. The van der Waals surface area contributed by atoms with Crippen LogP contribution in [0.5, 0.6) is 0 Å². The minimum Gasteiger partial charge on any atom is -0.347 e. The van der Waals surface area contributed by atoms with Crippen LogP contribution in [0.4, 0.5) is 5.13 Å². The molecule has 0 spiro atoms. The van der Waals surface area contributed by atoms with Crippen LogP contribution >= 0.6 is 11.5 Å². The molecule has 0 aromatic carbocycles. The van der Waals surface area contributed by atoms with Crippen LogP contribution in [0.3, 0.4) is 0 Å². The zero-order chi connectivity index (χ0) is 15.5. The zero-order valence-corrected chi connectivity index (χ0v) is 14.4. The maximum atomic E-state index is 12.1. The number of hydrogen-bond donors (Lipinski definition) is 0. The van der Waals surface area contributed by atoms with Crippen LogP contribution in [0.1, 0.15) is 58.2 Å². The van der Waals surface area contributed by atoms with Gasteiger partial charge in [0, 0.05) is 50.1 Å². The van der Waals surface area contributed by atoms with Gasteiger partial charge in [0.05, 0.1) is 0 Å². The molecule has 1 aromatic rings. The monoisotopic (exact) mass is 322 g/mol. The SMILES string of the molecule is CCc1nsc(N2CCC[C@@H](N(C(C)=O)C3CCC3)CC2)n1. The van der Waals surface area contributed by atoms with Gasteiger partial charge in [-0.05, 0) is 38.5 Å². The van der Waals surface area contributed by atoms with Gasteiger partial charge in [-0.2, -0.15) is 4.37 Å². The lowest BCUT2D eigenvalue weighted by atomic mass is 9.89. The molecular formula is C16H26N4OS. The molecule has 2 fully saturated rings. The first-order valence-corrected chi connectivity index (χ1v) is 9.32. The second-order valence-electron chi connectivity index (χ2n) is 6.43. The van der Waals surface area contributed by atoms with Gasteiger partial charge in [-0.25, -0.2) is 4.98 Å². The third-order valence-electron chi connectivity index (χ3n) is 4.97. The summed E-state index contributed by atoms with van der Waals surface area (Å²) in [5, 5.41) is 1.05. The second-order valence-corrected chi connectivity index (χ2v) is 7.16. The third-order valence-corrected chi connectivity index (χ3v) is 5.78. The highest BCUT2D eigenvalue weighted by Gasteiger charge is 2.33. The van der Waals surface area contributed by atoms with Gasteiger partial charge >= 0.3 is 0 Å². The molecule has 122 valence electrons. The van der Waals surface area contributed by atoms with Crippen molar-refractivity contribution in [1.29, 1.82) is 0 Å². The van der Waals surface area contributed by atoms with E-state index >= 15 is 0 Å². The number of carbonyl (C=O) groups is 1. The molecule has 1 saturated carbocycles. The van der Waals surface area contributed by atoms with Gasteiger partial charge in [-0.3, -0.25) is 4.79 Å². The number of carbonyl (C=O) groups excluding carboxylic acids is 1. The molecule has 1 aliphatic heterocycles. The van der Waals surface area contributed by atoms with Crippen molar-refractivity contribution >= 4 is 22.6 Å². The summed E-state index contributed by atoms with van der Waals surface area (Å²) >= 11 is 1.51. The van der Waals surface area contributed by atoms with Gasteiger partial charge in [0.25, 0.3) is 0 Å². The number of aromatic nitrogens is 2. The van der Waals surface area contributed by atoms with Crippen LogP contribution in [-0.4, -0.2) is 45.3 Å². The molecule has 22 heavy (non-hydrogen) atoms. The van der Waals surface area contributed by atoms with E-state index in [0.29, 0.717) is 12.1 Å². The minimum atomic E-state index is 0.257. The molecule has 1 atom stereocenters. The van der Waals surface area contributed by atoms with Crippen molar-refractivity contribution in [2.24, 2.45) is 0 Å². The van der Waals surface area contributed by atoms with Crippen LogP contribution in [0, 0.1) is 0 Å². The number of nitrogens with zero attached hydrogens (tertiary/aromatic N) is 4. The fourth-order valence-electron chi connectivity index (χ4n) is 3.54. The first kappa shape index (κ1) is 15.7. The molecule has 0 unspecified atom stereocenters. The van der Waals surface area contributed by atoms with Gasteiger partial charge in [0.1, 0.15) is 5.82 Å². The molecule has 3 rings (SSSR count). The Bertz CT molecular complexity index is 514. The first-order chi connectivity index (χ1) is 10.7. The van der Waals surface area contributed by atoms with Crippen molar-refractivity contribution in [3.05, 3.63) is 5.82 Å². The summed E-state index contributed by atoms with van der Waals surface area (Å²) in [6.45, 7) is 5.84. The molecule has 0 N–H and O–H groups in total. The summed E-state index contributed by atoms with van der Waals surface area (Å²) in [5.41, 5.74) is 0. The number of hydrogen-bond acceptors (Lipinski definition) is 5. The Morgan fingerprint density at radius 1 is 1.23 bits per heavy atom. The van der Waals surface area contributed by atoms with E-state index in [9.17, 15) is 4.79 Å². The van der Waals surface area contributed by atoms with E-state index in [1.54, 1.807) is 6.92 Å². The van der Waals surface area contributed by atoms with Crippen LogP contribution in [0.2, 0.25) is 0 Å². The van der Waals surface area contributed by atoms with E-state index in [-0.39, 0.29) is 5.91 Å². The van der Waals surface area contributed by atoms with E-state index in [2.05, 4.69) is 26.1 Å². The van der Waals surface area contributed by atoms with Gasteiger partial charge in [0.2, 0.25) is 11.0 Å². The molecule has 1 saturated heterocycles. The van der Waals surface area contributed by atoms with Crippen molar-refractivity contribution in [2.45, 2.75) is 70.9 Å². The largest absolute Gasteiger partial charge is 0.347 e. The molecule has 2 aliphatic rings. The Hall–Kier alpha value is -1.17. The van der Waals surface area contributed by atoms with Crippen molar-refractivity contribution in [3.8, 4) is 0 Å². The van der Waals surface area contributed by atoms with E-state index in [4.69, 9.17) is 0 Å². The van der Waals surface area contributed by atoms with E-state index in [1.807, 2.05) is 0 Å². The number of anilines is 1. The maximum absolute atomic E-state index is 12.1. The molecule has 0 bridgehead atoms. The van der Waals surface area contributed by atoms with Crippen LogP contribution in [-0.2, 0) is 11.2 Å². The van der Waals surface area contributed by atoms with Crippen molar-refractivity contribution < 1.29 is 4.79 Å². The normalized spacial score (nSPS) is 23.0. The molecule has 2 heterocycles. The quantitative estimate of drug-likeness (QED) is 0.855. The van der Waals surface area contributed by atoms with Crippen molar-refractivity contribution in [3.63, 3.8) is 0 Å². The predicted octanol–water partition coefficient (Wildman–Crippen LogP) is 2.86. The van der Waals surface area contributed by atoms with Crippen LogP contribution < -0.4 is 4.90 Å². The van der Waals surface area contributed by atoms with Crippen LogP contribution in [0.15, 0.2) is 0 Å². The summed E-state index contributed by atoms with van der Waals surface area (Å²) in [7, 11) is 0. The van der Waals surface area contributed by atoms with E-state index in [1.165, 1.54) is 30.8 Å². The molecule has 5 nitrogen and oxygen atoms in total. The van der Waals surface area contributed by atoms with E-state index in [0.717, 1.165) is 49.7 Å². The van der Waals surface area contributed by atoms with Gasteiger partial charge < -0.3 is 9.80 Å². The molecule has 0 radical (unpaired) electrons. The Morgan fingerprint density at radius 2 is 1.95 bits per heavy atom. The average Bonchev–Trinajstić information content (AvgIpc) is 2.80. The van der Waals surface area contributed by atoms with Crippen molar-refractivity contribution in [2.75, 3.05) is 18.0 Å². The van der Waals surface area contributed by atoms with Crippen molar-refractivity contribution in [1.82, 2.24) is 14.3 Å². The molecule has 1 amide bonds. The number of rotatable bonds is 4. The van der Waals surface area contributed by atoms with Gasteiger partial charge in [0.15, 0.2) is 0 Å². The standard InChI is InChI=1S/C16H26N4OS/c1-3-15-17-16(22-18-15)19-10-5-8-14(9-11-19)20(12(2)21)13-6-4-7-13/h13-14H,3-11H2,1-2H3/t14-/m1/s1.